The Bertz CT molecular complexity index is 273. The highest BCUT2D eigenvalue weighted by Crippen LogP contribution is 2.17. The molecule has 90 valence electrons. The van der Waals surface area contributed by atoms with E-state index < -0.39 is 0 Å². The highest BCUT2D eigenvalue weighted by atomic mass is 14.9. The van der Waals surface area contributed by atoms with Gasteiger partial charge in [0.1, 0.15) is 0 Å². The minimum atomic E-state index is 0.432. The lowest BCUT2D eigenvalue weighted by atomic mass is 9.93. The lowest BCUT2D eigenvalue weighted by Crippen LogP contribution is -2.01. The Hall–Kier alpha value is -1.31. The predicted molar refractivity (Wildman–Crippen MR) is 72.7 cm³/mol. The van der Waals surface area contributed by atoms with E-state index in [-0.39, 0.29) is 0 Å². The van der Waals surface area contributed by atoms with Crippen molar-refractivity contribution in [1.29, 1.82) is 0 Å². The first-order valence-corrected chi connectivity index (χ1v) is 5.74. The fraction of sp³-hybridized carbons (Fsp3) is 0.500. The van der Waals surface area contributed by atoms with Crippen LogP contribution in [0.1, 0.15) is 34.1 Å². The van der Waals surface area contributed by atoms with Gasteiger partial charge in [-0.1, -0.05) is 26.8 Å². The molecule has 1 N–H and O–H groups in total. The second-order valence-electron chi connectivity index (χ2n) is 4.83. The molecule has 0 unspecified atom stereocenters. The largest absolute Gasteiger partial charge is 0.384 e. The first-order chi connectivity index (χ1) is 7.49. The van der Waals surface area contributed by atoms with Gasteiger partial charge >= 0.3 is 0 Å². The van der Waals surface area contributed by atoms with Crippen molar-refractivity contribution in [2.24, 2.45) is 5.41 Å². The molecule has 0 bridgehead atoms. The van der Waals surface area contributed by atoms with Gasteiger partial charge in [0.2, 0.25) is 0 Å². The van der Waals surface area contributed by atoms with Crippen molar-refractivity contribution in [3.63, 3.8) is 0 Å². The van der Waals surface area contributed by atoms with Crippen molar-refractivity contribution in [3.05, 3.63) is 37.2 Å². The average Bonchev–Trinajstić information content (AvgIpc) is 2.19. The van der Waals surface area contributed by atoms with E-state index in [1.807, 2.05) is 24.4 Å². The third-order valence-corrected chi connectivity index (χ3v) is 1.80. The summed E-state index contributed by atoms with van der Waals surface area (Å²) in [6, 6.07) is 3.91. The standard InChI is InChI=1S/C7H10N2.C7H14/c1-2-9-7-4-3-5-8-6-7;1-5-6-7(2,3)4/h3-6,9H,2H2,1H3;5H,1,6H2,2-4H3. The summed E-state index contributed by atoms with van der Waals surface area (Å²) in [4.78, 5) is 3.94. The van der Waals surface area contributed by atoms with Crippen LogP contribution in [0.5, 0.6) is 0 Å². The van der Waals surface area contributed by atoms with Gasteiger partial charge in [0.25, 0.3) is 0 Å². The second kappa shape index (κ2) is 7.91. The van der Waals surface area contributed by atoms with E-state index >= 15 is 0 Å². The van der Waals surface area contributed by atoms with Crippen LogP contribution in [-0.4, -0.2) is 11.5 Å². The fourth-order valence-corrected chi connectivity index (χ4v) is 1.10. The van der Waals surface area contributed by atoms with Crippen molar-refractivity contribution in [1.82, 2.24) is 4.98 Å². The molecule has 0 aromatic carbocycles. The van der Waals surface area contributed by atoms with E-state index in [1.54, 1.807) is 6.20 Å². The molecule has 2 heteroatoms. The van der Waals surface area contributed by atoms with Crippen LogP contribution in [0.15, 0.2) is 37.2 Å². The van der Waals surface area contributed by atoms with E-state index in [0.29, 0.717) is 5.41 Å². The number of aromatic nitrogens is 1. The normalized spacial score (nSPS) is 10.0. The molecular formula is C14H24N2. The topological polar surface area (TPSA) is 24.9 Å². The smallest absolute Gasteiger partial charge is 0.0526 e. The minimum absolute atomic E-state index is 0.432. The predicted octanol–water partition coefficient (Wildman–Crippen LogP) is 4.12. The highest BCUT2D eigenvalue weighted by molar-refractivity contribution is 5.39. The summed E-state index contributed by atoms with van der Waals surface area (Å²) >= 11 is 0. The molecule has 0 saturated heterocycles. The lowest BCUT2D eigenvalue weighted by Gasteiger charge is -2.13. The zero-order valence-corrected chi connectivity index (χ0v) is 11.0. The molecule has 0 aliphatic rings. The summed E-state index contributed by atoms with van der Waals surface area (Å²) in [6.45, 7) is 13.3. The molecule has 1 heterocycles. The molecule has 0 aliphatic carbocycles. The number of nitrogens with one attached hydrogen (secondary N) is 1. The van der Waals surface area contributed by atoms with Gasteiger partial charge in [-0.15, -0.1) is 6.58 Å². The van der Waals surface area contributed by atoms with Crippen LogP contribution in [0, 0.1) is 5.41 Å². The Morgan fingerprint density at radius 2 is 2.12 bits per heavy atom. The van der Waals surface area contributed by atoms with Crippen molar-refractivity contribution in [3.8, 4) is 0 Å². The number of rotatable bonds is 3. The summed E-state index contributed by atoms with van der Waals surface area (Å²) in [5.74, 6) is 0. The van der Waals surface area contributed by atoms with E-state index in [1.165, 1.54) is 0 Å². The Kier molecular flexibility index (Phi) is 7.27. The first kappa shape index (κ1) is 14.7. The van der Waals surface area contributed by atoms with E-state index in [0.717, 1.165) is 18.7 Å². The Morgan fingerprint density at radius 1 is 1.44 bits per heavy atom. The molecule has 16 heavy (non-hydrogen) atoms. The summed E-state index contributed by atoms with van der Waals surface area (Å²) in [5.41, 5.74) is 1.52. The summed E-state index contributed by atoms with van der Waals surface area (Å²) < 4.78 is 0. The van der Waals surface area contributed by atoms with Crippen LogP contribution in [0.4, 0.5) is 5.69 Å². The van der Waals surface area contributed by atoms with Gasteiger partial charge in [0.15, 0.2) is 0 Å². The van der Waals surface area contributed by atoms with Gasteiger partial charge in [-0.05, 0) is 30.9 Å². The number of nitrogens with zero attached hydrogens (tertiary/aromatic N) is 1. The molecular weight excluding hydrogens is 196 g/mol. The van der Waals surface area contributed by atoms with Gasteiger partial charge in [0.05, 0.1) is 5.69 Å². The maximum Gasteiger partial charge on any atom is 0.0526 e. The molecule has 0 aliphatic heterocycles. The molecule has 1 rings (SSSR count). The first-order valence-electron chi connectivity index (χ1n) is 5.74. The maximum atomic E-state index is 3.94. The van der Waals surface area contributed by atoms with Crippen LogP contribution in [0.3, 0.4) is 0 Å². The molecule has 0 saturated carbocycles. The lowest BCUT2D eigenvalue weighted by molar-refractivity contribution is 0.421. The SMILES string of the molecule is C=CCC(C)(C)C.CCNc1cccnc1. The van der Waals surface area contributed by atoms with Gasteiger partial charge in [-0.2, -0.15) is 0 Å². The van der Waals surface area contributed by atoms with E-state index in [9.17, 15) is 0 Å². The number of anilines is 1. The van der Waals surface area contributed by atoms with E-state index in [2.05, 4.69) is 44.6 Å². The van der Waals surface area contributed by atoms with Gasteiger partial charge in [-0.25, -0.2) is 0 Å². The van der Waals surface area contributed by atoms with Gasteiger partial charge in [-0.3, -0.25) is 4.98 Å². The monoisotopic (exact) mass is 220 g/mol. The summed E-state index contributed by atoms with van der Waals surface area (Å²) in [5, 5.41) is 3.14. The molecule has 0 radical (unpaired) electrons. The van der Waals surface area contributed by atoms with Crippen molar-refractivity contribution >= 4 is 5.69 Å². The molecule has 0 amide bonds. The zero-order chi connectivity index (χ0) is 12.4. The van der Waals surface area contributed by atoms with E-state index in [4.69, 9.17) is 0 Å². The molecule has 0 spiro atoms. The van der Waals surface area contributed by atoms with Crippen LogP contribution in [0.25, 0.3) is 0 Å². The number of hydrogen-bond donors (Lipinski definition) is 1. The third kappa shape index (κ3) is 9.25. The van der Waals surface area contributed by atoms with Crippen LogP contribution >= 0.6 is 0 Å². The Balaban J connectivity index is 0.000000293. The molecule has 1 aromatic rings. The van der Waals surface area contributed by atoms with Crippen LogP contribution < -0.4 is 5.32 Å². The average molecular weight is 220 g/mol. The minimum Gasteiger partial charge on any atom is -0.384 e. The maximum absolute atomic E-state index is 3.94. The Labute approximate surface area is 99.8 Å². The van der Waals surface area contributed by atoms with Crippen LogP contribution in [0.2, 0.25) is 0 Å². The van der Waals surface area contributed by atoms with Crippen LogP contribution in [-0.2, 0) is 0 Å². The quantitative estimate of drug-likeness (QED) is 0.775. The number of allylic oxidation sites excluding steroid dienone is 1. The van der Waals surface area contributed by atoms with Crippen molar-refractivity contribution < 1.29 is 0 Å². The molecule has 2 nitrogen and oxygen atoms in total. The second-order valence-corrected chi connectivity index (χ2v) is 4.83. The fourth-order valence-electron chi connectivity index (χ4n) is 1.10. The number of pyridine rings is 1. The van der Waals surface area contributed by atoms with Crippen molar-refractivity contribution in [2.45, 2.75) is 34.1 Å². The van der Waals surface area contributed by atoms with Crippen molar-refractivity contribution in [2.75, 3.05) is 11.9 Å². The zero-order valence-electron chi connectivity index (χ0n) is 11.0. The summed E-state index contributed by atoms with van der Waals surface area (Å²) in [6.07, 6.45) is 6.64. The summed E-state index contributed by atoms with van der Waals surface area (Å²) in [7, 11) is 0. The molecule has 0 fully saturated rings. The van der Waals surface area contributed by atoms with Gasteiger partial charge in [0, 0.05) is 18.9 Å². The highest BCUT2D eigenvalue weighted by Gasteiger charge is 2.04. The van der Waals surface area contributed by atoms with Gasteiger partial charge < -0.3 is 5.32 Å². The Morgan fingerprint density at radius 3 is 2.44 bits per heavy atom. The number of hydrogen-bond acceptors (Lipinski definition) is 2. The molecule has 0 atom stereocenters. The molecule has 1 aromatic heterocycles. The third-order valence-electron chi connectivity index (χ3n) is 1.80.